The molecule has 1 heterocycles. The van der Waals surface area contributed by atoms with Crippen molar-refractivity contribution in [3.05, 3.63) is 66.3 Å². The van der Waals surface area contributed by atoms with Crippen LogP contribution in [-0.4, -0.2) is 33.6 Å². The Morgan fingerprint density at radius 3 is 2.63 bits per heavy atom. The number of hydrogen-bond acceptors (Lipinski definition) is 2. The number of imidazole rings is 1. The zero-order valence-electron chi connectivity index (χ0n) is 15.2. The number of hydrogen-bond donors (Lipinski definition) is 1. The van der Waals surface area contributed by atoms with E-state index >= 15 is 0 Å². The van der Waals surface area contributed by atoms with Gasteiger partial charge in [-0.25, -0.2) is 9.78 Å². The third kappa shape index (κ3) is 5.87. The normalized spacial score (nSPS) is 11.3. The number of rotatable bonds is 8. The van der Waals surface area contributed by atoms with Crippen LogP contribution >= 0.6 is 0 Å². The second-order valence-corrected chi connectivity index (χ2v) is 6.07. The Labute approximate surface area is 156 Å². The second-order valence-electron chi connectivity index (χ2n) is 6.07. The lowest BCUT2D eigenvalue weighted by molar-refractivity contribution is -0.137. The van der Waals surface area contributed by atoms with Gasteiger partial charge in [-0.2, -0.15) is 13.2 Å². The Morgan fingerprint density at radius 2 is 2.04 bits per heavy atom. The summed E-state index contributed by atoms with van der Waals surface area (Å²) < 4.78 is 39.8. The predicted octanol–water partition coefficient (Wildman–Crippen LogP) is 4.06. The maximum Gasteiger partial charge on any atom is 0.416 e. The Hall–Kier alpha value is -2.77. The minimum absolute atomic E-state index is 0.208. The number of carbonyl (C=O) groups excluding carboxylic acids is 1. The van der Waals surface area contributed by atoms with Crippen LogP contribution in [0.2, 0.25) is 0 Å². The van der Waals surface area contributed by atoms with E-state index in [9.17, 15) is 18.0 Å². The summed E-state index contributed by atoms with van der Waals surface area (Å²) in [5.74, 6) is 0.642. The minimum atomic E-state index is -4.35. The van der Waals surface area contributed by atoms with Gasteiger partial charge in [0, 0.05) is 32.0 Å². The van der Waals surface area contributed by atoms with Crippen molar-refractivity contribution < 1.29 is 18.0 Å². The quantitative estimate of drug-likeness (QED) is 0.702. The van der Waals surface area contributed by atoms with Gasteiger partial charge in [0.2, 0.25) is 0 Å². The first kappa shape index (κ1) is 20.5. The molecule has 0 aliphatic carbocycles. The fourth-order valence-corrected chi connectivity index (χ4v) is 2.52. The Kier molecular flexibility index (Phi) is 7.04. The SMILES string of the molecule is C=CCN(Cc1nccn1Cc1ccc(C(F)(F)F)cc1)C(=O)NCCC. The molecule has 146 valence electrons. The maximum atomic E-state index is 12.7. The molecule has 0 saturated heterocycles. The van der Waals surface area contributed by atoms with E-state index in [1.165, 1.54) is 12.1 Å². The van der Waals surface area contributed by atoms with Gasteiger partial charge in [-0.05, 0) is 24.1 Å². The lowest BCUT2D eigenvalue weighted by Crippen LogP contribution is -2.40. The third-order valence-corrected chi connectivity index (χ3v) is 3.93. The fraction of sp³-hybridized carbons (Fsp3) is 0.368. The van der Waals surface area contributed by atoms with Crippen molar-refractivity contribution in [2.45, 2.75) is 32.6 Å². The summed E-state index contributed by atoms with van der Waals surface area (Å²) in [5.41, 5.74) is 0.0369. The largest absolute Gasteiger partial charge is 0.416 e. The van der Waals surface area contributed by atoms with Gasteiger partial charge in [0.15, 0.2) is 0 Å². The number of alkyl halides is 3. The van der Waals surface area contributed by atoms with Crippen LogP contribution in [0.15, 0.2) is 49.3 Å². The van der Waals surface area contributed by atoms with Crippen LogP contribution in [0.5, 0.6) is 0 Å². The molecule has 0 fully saturated rings. The van der Waals surface area contributed by atoms with Crippen molar-refractivity contribution in [2.24, 2.45) is 0 Å². The van der Waals surface area contributed by atoms with Crippen LogP contribution < -0.4 is 5.32 Å². The van der Waals surface area contributed by atoms with Crippen molar-refractivity contribution in [3.8, 4) is 0 Å². The molecule has 2 aromatic rings. The number of carbonyl (C=O) groups is 1. The molecule has 1 N–H and O–H groups in total. The molecule has 0 aliphatic heterocycles. The van der Waals surface area contributed by atoms with E-state index in [1.807, 2.05) is 11.5 Å². The summed E-state index contributed by atoms with van der Waals surface area (Å²) in [5, 5.41) is 2.81. The molecular formula is C19H23F3N4O. The Bertz CT molecular complexity index is 753. The van der Waals surface area contributed by atoms with Gasteiger partial charge in [0.1, 0.15) is 5.82 Å². The minimum Gasteiger partial charge on any atom is -0.338 e. The Balaban J connectivity index is 2.09. The average molecular weight is 380 g/mol. The average Bonchev–Trinajstić information content (AvgIpc) is 3.05. The molecule has 8 heteroatoms. The highest BCUT2D eigenvalue weighted by molar-refractivity contribution is 5.74. The van der Waals surface area contributed by atoms with Crippen LogP contribution in [0.4, 0.5) is 18.0 Å². The fourth-order valence-electron chi connectivity index (χ4n) is 2.52. The molecule has 2 rings (SSSR count). The van der Waals surface area contributed by atoms with Gasteiger partial charge >= 0.3 is 12.2 Å². The standard InChI is InChI=1S/C19H23F3N4O/c1-3-9-24-18(27)26(11-4-2)14-17-23-10-12-25(17)13-15-5-7-16(8-6-15)19(20,21)22/h4-8,10,12H,2-3,9,11,13-14H2,1H3,(H,24,27). The number of amides is 2. The first-order valence-electron chi connectivity index (χ1n) is 8.65. The number of urea groups is 1. The smallest absolute Gasteiger partial charge is 0.338 e. The number of benzene rings is 1. The van der Waals surface area contributed by atoms with Gasteiger partial charge in [0.25, 0.3) is 0 Å². The van der Waals surface area contributed by atoms with Crippen LogP contribution in [0, 0.1) is 0 Å². The first-order chi connectivity index (χ1) is 12.8. The topological polar surface area (TPSA) is 50.2 Å². The highest BCUT2D eigenvalue weighted by Gasteiger charge is 2.29. The number of halogens is 3. The lowest BCUT2D eigenvalue weighted by Gasteiger charge is -2.22. The predicted molar refractivity (Wildman–Crippen MR) is 97.1 cm³/mol. The summed E-state index contributed by atoms with van der Waals surface area (Å²) in [6, 6.07) is 4.81. The molecule has 0 spiro atoms. The van der Waals surface area contributed by atoms with E-state index in [1.54, 1.807) is 23.4 Å². The zero-order chi connectivity index (χ0) is 19.9. The lowest BCUT2D eigenvalue weighted by atomic mass is 10.1. The van der Waals surface area contributed by atoms with E-state index in [-0.39, 0.29) is 12.6 Å². The molecule has 1 aromatic heterocycles. The second kappa shape index (κ2) is 9.25. The van der Waals surface area contributed by atoms with E-state index in [0.29, 0.717) is 31.0 Å². The summed E-state index contributed by atoms with van der Waals surface area (Å²) >= 11 is 0. The van der Waals surface area contributed by atoms with Gasteiger partial charge in [-0.1, -0.05) is 25.1 Å². The van der Waals surface area contributed by atoms with E-state index in [0.717, 1.165) is 18.6 Å². The molecule has 1 aromatic carbocycles. The molecule has 0 unspecified atom stereocenters. The molecule has 0 radical (unpaired) electrons. The van der Waals surface area contributed by atoms with E-state index in [4.69, 9.17) is 0 Å². The van der Waals surface area contributed by atoms with Crippen molar-refractivity contribution in [2.75, 3.05) is 13.1 Å². The molecule has 0 aliphatic rings. The number of nitrogens with one attached hydrogen (secondary N) is 1. The summed E-state index contributed by atoms with van der Waals surface area (Å²) in [6.45, 7) is 7.22. The van der Waals surface area contributed by atoms with E-state index < -0.39 is 11.7 Å². The zero-order valence-corrected chi connectivity index (χ0v) is 15.2. The first-order valence-corrected chi connectivity index (χ1v) is 8.65. The summed E-state index contributed by atoms with van der Waals surface area (Å²) in [6.07, 6.45) is 1.46. The van der Waals surface area contributed by atoms with Gasteiger partial charge in [-0.3, -0.25) is 0 Å². The molecule has 5 nitrogen and oxygen atoms in total. The van der Waals surface area contributed by atoms with Crippen molar-refractivity contribution in [3.63, 3.8) is 0 Å². The number of nitrogens with zero attached hydrogens (tertiary/aromatic N) is 3. The van der Waals surface area contributed by atoms with Gasteiger partial charge < -0.3 is 14.8 Å². The van der Waals surface area contributed by atoms with Crippen LogP contribution in [0.25, 0.3) is 0 Å². The molecular weight excluding hydrogens is 357 g/mol. The van der Waals surface area contributed by atoms with Crippen LogP contribution in [0.3, 0.4) is 0 Å². The maximum absolute atomic E-state index is 12.7. The summed E-state index contributed by atoms with van der Waals surface area (Å²) in [7, 11) is 0. The molecule has 27 heavy (non-hydrogen) atoms. The van der Waals surface area contributed by atoms with Crippen molar-refractivity contribution in [1.29, 1.82) is 0 Å². The molecule has 0 saturated carbocycles. The highest BCUT2D eigenvalue weighted by Crippen LogP contribution is 2.29. The van der Waals surface area contributed by atoms with Crippen LogP contribution in [-0.2, 0) is 19.3 Å². The molecule has 2 amide bonds. The molecule has 0 bridgehead atoms. The monoisotopic (exact) mass is 380 g/mol. The highest BCUT2D eigenvalue weighted by atomic mass is 19.4. The Morgan fingerprint density at radius 1 is 1.33 bits per heavy atom. The van der Waals surface area contributed by atoms with Gasteiger partial charge in [0.05, 0.1) is 12.1 Å². The number of aromatic nitrogens is 2. The van der Waals surface area contributed by atoms with Gasteiger partial charge in [-0.15, -0.1) is 6.58 Å². The van der Waals surface area contributed by atoms with Crippen LogP contribution in [0.1, 0.15) is 30.3 Å². The van der Waals surface area contributed by atoms with Crippen molar-refractivity contribution in [1.82, 2.24) is 19.8 Å². The third-order valence-electron chi connectivity index (χ3n) is 3.93. The van der Waals surface area contributed by atoms with E-state index in [2.05, 4.69) is 16.9 Å². The molecule has 0 atom stereocenters. The van der Waals surface area contributed by atoms with Crippen molar-refractivity contribution >= 4 is 6.03 Å². The summed E-state index contributed by atoms with van der Waals surface area (Å²) in [4.78, 5) is 18.1.